The predicted octanol–water partition coefficient (Wildman–Crippen LogP) is 2.88. The summed E-state index contributed by atoms with van der Waals surface area (Å²) in [6.07, 6.45) is 0. The maximum absolute atomic E-state index is 3.08. The molecule has 0 saturated carbocycles. The molecule has 0 unspecified atom stereocenters. The smallest absolute Gasteiger partial charge is 0.0527 e. The molecule has 0 aliphatic rings. The first-order valence-corrected chi connectivity index (χ1v) is 4.93. The zero-order valence-corrected chi connectivity index (χ0v) is 9.69. The Labute approximate surface area is 87.2 Å². The van der Waals surface area contributed by atoms with Gasteiger partial charge in [-0.05, 0) is 43.5 Å². The van der Waals surface area contributed by atoms with Gasteiger partial charge in [0.2, 0.25) is 0 Å². The van der Waals surface area contributed by atoms with Crippen molar-refractivity contribution in [3.8, 4) is 0 Å². The Kier molecular flexibility index (Phi) is 3.34. The molecule has 0 amide bonds. The summed E-state index contributed by atoms with van der Waals surface area (Å²) in [7, 11) is 0. The Morgan fingerprint density at radius 3 is 2.33 bits per heavy atom. The second-order valence-electron chi connectivity index (χ2n) is 2.90. The zero-order valence-electron chi connectivity index (χ0n) is 7.53. The molecule has 1 aromatic carbocycles. The van der Waals surface area contributed by atoms with E-state index in [2.05, 4.69) is 64.8 Å². The highest BCUT2D eigenvalue weighted by molar-refractivity contribution is 14.1. The van der Waals surface area contributed by atoms with Crippen LogP contribution >= 0.6 is 22.9 Å². The Bertz CT molecular complexity index is 284. The quantitative estimate of drug-likeness (QED) is 0.493. The maximum Gasteiger partial charge on any atom is 0.0527 e. The van der Waals surface area contributed by atoms with E-state index in [1.807, 2.05) is 0 Å². The van der Waals surface area contributed by atoms with Gasteiger partial charge in [-0.25, -0.2) is 0 Å². The van der Waals surface area contributed by atoms with Crippen LogP contribution in [0, 0.1) is 20.8 Å². The van der Waals surface area contributed by atoms with Crippen molar-refractivity contribution in [2.45, 2.75) is 20.8 Å². The minimum atomic E-state index is 1.15. The van der Waals surface area contributed by atoms with Gasteiger partial charge in [0.25, 0.3) is 0 Å². The number of halogens is 1. The lowest BCUT2D eigenvalue weighted by molar-refractivity contribution is 1.20. The SMILES string of the molecule is Cc1ccc(NNI)c(C)c1C. The normalized spacial score (nSPS) is 10.0. The zero-order chi connectivity index (χ0) is 9.14. The fourth-order valence-corrected chi connectivity index (χ4v) is 1.43. The van der Waals surface area contributed by atoms with Gasteiger partial charge in [-0.15, -0.1) is 0 Å². The minimum absolute atomic E-state index is 1.15. The van der Waals surface area contributed by atoms with Crippen LogP contribution in [0.3, 0.4) is 0 Å². The third-order valence-electron chi connectivity index (χ3n) is 2.24. The van der Waals surface area contributed by atoms with Crippen molar-refractivity contribution in [3.05, 3.63) is 28.8 Å². The molecule has 1 aromatic rings. The molecule has 0 atom stereocenters. The molecule has 0 aliphatic heterocycles. The summed E-state index contributed by atoms with van der Waals surface area (Å²) in [5, 5.41) is 0. The van der Waals surface area contributed by atoms with Crippen LogP contribution in [0.5, 0.6) is 0 Å². The molecule has 0 spiro atoms. The van der Waals surface area contributed by atoms with Crippen LogP contribution in [0.15, 0.2) is 12.1 Å². The number of benzene rings is 1. The molecule has 0 bridgehead atoms. The Balaban J connectivity index is 3.08. The van der Waals surface area contributed by atoms with Crippen LogP contribution in [0.2, 0.25) is 0 Å². The maximum atomic E-state index is 3.08. The minimum Gasteiger partial charge on any atom is -0.312 e. The van der Waals surface area contributed by atoms with E-state index in [4.69, 9.17) is 0 Å². The molecular formula is C9H13IN2. The lowest BCUT2D eigenvalue weighted by Crippen LogP contribution is -2.09. The van der Waals surface area contributed by atoms with Gasteiger partial charge in [-0.2, -0.15) is 3.64 Å². The van der Waals surface area contributed by atoms with Gasteiger partial charge in [0.1, 0.15) is 0 Å². The van der Waals surface area contributed by atoms with Crippen LogP contribution in [-0.4, -0.2) is 0 Å². The summed E-state index contributed by atoms with van der Waals surface area (Å²) in [6, 6.07) is 4.21. The number of nitrogens with one attached hydrogen (secondary N) is 2. The monoisotopic (exact) mass is 276 g/mol. The Hall–Kier alpha value is -0.290. The molecule has 66 valence electrons. The number of hydrogen-bond donors (Lipinski definition) is 2. The van der Waals surface area contributed by atoms with Gasteiger partial charge in [0, 0.05) is 22.9 Å². The third kappa shape index (κ3) is 1.90. The average Bonchev–Trinajstić information content (AvgIpc) is 2.07. The fraction of sp³-hybridized carbons (Fsp3) is 0.333. The molecule has 2 N–H and O–H groups in total. The largest absolute Gasteiger partial charge is 0.312 e. The third-order valence-corrected chi connectivity index (χ3v) is 2.51. The molecule has 0 radical (unpaired) electrons. The summed E-state index contributed by atoms with van der Waals surface area (Å²) >= 11 is 2.07. The standard InChI is InChI=1S/C9H13IN2/c1-6-4-5-9(11-12-10)8(3)7(6)2/h4-5,11-12H,1-3H3. The van der Waals surface area contributed by atoms with Crippen molar-refractivity contribution < 1.29 is 0 Å². The number of anilines is 1. The van der Waals surface area contributed by atoms with E-state index in [-0.39, 0.29) is 0 Å². The van der Waals surface area contributed by atoms with E-state index in [9.17, 15) is 0 Å². The molecule has 1 rings (SSSR count). The van der Waals surface area contributed by atoms with Crippen molar-refractivity contribution in [3.63, 3.8) is 0 Å². The topological polar surface area (TPSA) is 24.1 Å². The van der Waals surface area contributed by atoms with Crippen LogP contribution in [0.4, 0.5) is 5.69 Å². The molecular weight excluding hydrogens is 263 g/mol. The van der Waals surface area contributed by atoms with Gasteiger partial charge in [0.15, 0.2) is 0 Å². The summed E-state index contributed by atoms with van der Waals surface area (Å²) in [4.78, 5) is 0. The molecule has 0 fully saturated rings. The molecule has 0 saturated heterocycles. The van der Waals surface area contributed by atoms with E-state index in [1.165, 1.54) is 16.7 Å². The molecule has 3 heteroatoms. The fourth-order valence-electron chi connectivity index (χ4n) is 1.14. The Morgan fingerprint density at radius 2 is 1.75 bits per heavy atom. The van der Waals surface area contributed by atoms with E-state index >= 15 is 0 Å². The van der Waals surface area contributed by atoms with E-state index < -0.39 is 0 Å². The molecule has 12 heavy (non-hydrogen) atoms. The van der Waals surface area contributed by atoms with Gasteiger partial charge in [-0.3, -0.25) is 0 Å². The lowest BCUT2D eigenvalue weighted by Gasteiger charge is -2.11. The first-order chi connectivity index (χ1) is 5.66. The van der Waals surface area contributed by atoms with Crippen LogP contribution in [0.25, 0.3) is 0 Å². The molecule has 0 aromatic heterocycles. The second kappa shape index (κ2) is 4.09. The second-order valence-corrected chi connectivity index (χ2v) is 3.44. The number of aryl methyl sites for hydroxylation is 1. The summed E-state index contributed by atoms with van der Waals surface area (Å²) in [6.45, 7) is 6.39. The molecule has 0 heterocycles. The van der Waals surface area contributed by atoms with Crippen molar-refractivity contribution in [1.82, 2.24) is 3.64 Å². The Morgan fingerprint density at radius 1 is 1.08 bits per heavy atom. The van der Waals surface area contributed by atoms with Crippen LogP contribution in [-0.2, 0) is 0 Å². The van der Waals surface area contributed by atoms with Crippen molar-refractivity contribution in [1.29, 1.82) is 0 Å². The summed E-state index contributed by atoms with van der Waals surface area (Å²) < 4.78 is 2.89. The highest BCUT2D eigenvalue weighted by atomic mass is 127. The first kappa shape index (κ1) is 9.80. The van der Waals surface area contributed by atoms with Crippen molar-refractivity contribution >= 4 is 28.6 Å². The number of rotatable bonds is 2. The van der Waals surface area contributed by atoms with Crippen LogP contribution < -0.4 is 9.06 Å². The van der Waals surface area contributed by atoms with E-state index in [1.54, 1.807) is 0 Å². The van der Waals surface area contributed by atoms with E-state index in [0.717, 1.165) is 5.69 Å². The van der Waals surface area contributed by atoms with Gasteiger partial charge < -0.3 is 5.43 Å². The molecule has 0 aliphatic carbocycles. The van der Waals surface area contributed by atoms with Gasteiger partial charge >= 0.3 is 0 Å². The molecule has 2 nitrogen and oxygen atoms in total. The van der Waals surface area contributed by atoms with Gasteiger partial charge in [0.05, 0.1) is 5.69 Å². The van der Waals surface area contributed by atoms with Crippen molar-refractivity contribution in [2.24, 2.45) is 0 Å². The van der Waals surface area contributed by atoms with Crippen LogP contribution in [0.1, 0.15) is 16.7 Å². The lowest BCUT2D eigenvalue weighted by atomic mass is 10.0. The first-order valence-electron chi connectivity index (χ1n) is 3.85. The number of hydrazine groups is 1. The van der Waals surface area contributed by atoms with E-state index in [0.29, 0.717) is 0 Å². The highest BCUT2D eigenvalue weighted by Crippen LogP contribution is 2.20. The summed E-state index contributed by atoms with van der Waals surface area (Å²) in [5.41, 5.74) is 8.22. The highest BCUT2D eigenvalue weighted by Gasteiger charge is 2.01. The van der Waals surface area contributed by atoms with Gasteiger partial charge in [-0.1, -0.05) is 6.07 Å². The predicted molar refractivity (Wildman–Crippen MR) is 61.4 cm³/mol. The summed E-state index contributed by atoms with van der Waals surface area (Å²) in [5.74, 6) is 0. The van der Waals surface area contributed by atoms with Crippen molar-refractivity contribution in [2.75, 3.05) is 5.43 Å². The number of hydrogen-bond acceptors (Lipinski definition) is 2. The average molecular weight is 276 g/mol.